The van der Waals surface area contributed by atoms with Gasteiger partial charge in [0.2, 0.25) is 0 Å². The molecule has 0 spiro atoms. The van der Waals surface area contributed by atoms with Gasteiger partial charge in [-0.1, -0.05) is 24.3 Å². The number of hydrogen-bond donors (Lipinski definition) is 4. The van der Waals surface area contributed by atoms with E-state index < -0.39 is 0 Å². The highest BCUT2D eigenvalue weighted by molar-refractivity contribution is 6.00. The Morgan fingerprint density at radius 2 is 1.78 bits per heavy atom. The molecule has 2 amide bonds. The average Bonchev–Trinajstić information content (AvgIpc) is 3.24. The van der Waals surface area contributed by atoms with Crippen LogP contribution in [0.3, 0.4) is 0 Å². The van der Waals surface area contributed by atoms with Crippen molar-refractivity contribution in [2.75, 3.05) is 42.7 Å². The molecule has 5 rings (SSSR count). The van der Waals surface area contributed by atoms with Crippen LogP contribution in [-0.4, -0.2) is 51.8 Å². The molecule has 0 aliphatic carbocycles. The summed E-state index contributed by atoms with van der Waals surface area (Å²) in [5.41, 5.74) is 17.9. The first-order valence-corrected chi connectivity index (χ1v) is 11.5. The number of nitrogens with one attached hydrogen (secondary N) is 2. The second-order valence-electron chi connectivity index (χ2n) is 8.40. The zero-order chi connectivity index (χ0) is 24.2. The minimum atomic E-state index is -0.327. The number of ether oxygens (including phenoxy) is 1. The van der Waals surface area contributed by atoms with Gasteiger partial charge in [0.05, 0.1) is 18.9 Å². The first kappa shape index (κ1) is 25.4. The molecule has 1 aliphatic heterocycles. The number of urea groups is 1. The first-order valence-electron chi connectivity index (χ1n) is 11.5. The van der Waals surface area contributed by atoms with Crippen LogP contribution in [0.15, 0.2) is 60.9 Å². The van der Waals surface area contributed by atoms with E-state index in [9.17, 15) is 4.79 Å². The number of nitrogen functional groups attached to an aromatic ring is 1. The molecule has 36 heavy (non-hydrogen) atoms. The average molecular weight is 509 g/mol. The fourth-order valence-electron chi connectivity index (χ4n) is 4.26. The number of carbonyl (C=O) groups excluding carboxylic acids is 1. The molecule has 10 nitrogen and oxygen atoms in total. The molecule has 3 heterocycles. The van der Waals surface area contributed by atoms with Crippen LogP contribution in [0.4, 0.5) is 22.0 Å². The van der Waals surface area contributed by atoms with Crippen molar-refractivity contribution < 1.29 is 9.53 Å². The number of rotatable bonds is 6. The van der Waals surface area contributed by atoms with Crippen LogP contribution in [0.1, 0.15) is 11.3 Å². The Kier molecular flexibility index (Phi) is 8.01. The van der Waals surface area contributed by atoms with Gasteiger partial charge in [-0.25, -0.2) is 14.3 Å². The third-order valence-electron chi connectivity index (χ3n) is 6.02. The van der Waals surface area contributed by atoms with Crippen LogP contribution >= 0.6 is 12.4 Å². The first-order chi connectivity index (χ1) is 17.1. The topological polar surface area (TPSA) is 136 Å². The lowest BCUT2D eigenvalue weighted by Crippen LogP contribution is -2.36. The van der Waals surface area contributed by atoms with E-state index in [2.05, 4.69) is 31.7 Å². The summed E-state index contributed by atoms with van der Waals surface area (Å²) in [6, 6.07) is 16.8. The molecule has 2 aromatic heterocycles. The van der Waals surface area contributed by atoms with Gasteiger partial charge in [0.15, 0.2) is 5.82 Å². The number of aromatic nitrogens is 3. The largest absolute Gasteiger partial charge is 0.382 e. The third-order valence-corrected chi connectivity index (χ3v) is 6.02. The van der Waals surface area contributed by atoms with E-state index in [1.54, 1.807) is 0 Å². The number of hydrogen-bond acceptors (Lipinski definition) is 7. The van der Waals surface area contributed by atoms with Crippen molar-refractivity contribution >= 4 is 41.1 Å². The van der Waals surface area contributed by atoms with E-state index >= 15 is 0 Å². The van der Waals surface area contributed by atoms with Crippen LogP contribution in [0.2, 0.25) is 0 Å². The van der Waals surface area contributed by atoms with Gasteiger partial charge in [-0.3, -0.25) is 4.90 Å². The summed E-state index contributed by atoms with van der Waals surface area (Å²) < 4.78 is 7.33. The number of amides is 2. The highest BCUT2D eigenvalue weighted by atomic mass is 35.5. The summed E-state index contributed by atoms with van der Waals surface area (Å²) in [7, 11) is 0. The molecule has 0 bridgehead atoms. The molecule has 1 fully saturated rings. The predicted octanol–water partition coefficient (Wildman–Crippen LogP) is 3.34. The number of nitrogens with two attached hydrogens (primary N) is 2. The molecule has 6 N–H and O–H groups in total. The number of halogens is 1. The van der Waals surface area contributed by atoms with Crippen molar-refractivity contribution in [3.05, 3.63) is 72.2 Å². The lowest BCUT2D eigenvalue weighted by Gasteiger charge is -2.26. The van der Waals surface area contributed by atoms with Crippen molar-refractivity contribution in [2.45, 2.75) is 13.1 Å². The fourth-order valence-corrected chi connectivity index (χ4v) is 4.26. The SMILES string of the molecule is Cl.NCc1cccc(NC(=O)Nc2ccc(-c3cc(CN4CCOCC4)n4ncnc(N)c34)cc2)c1. The van der Waals surface area contributed by atoms with Crippen molar-refractivity contribution in [3.63, 3.8) is 0 Å². The van der Waals surface area contributed by atoms with Crippen molar-refractivity contribution in [2.24, 2.45) is 5.73 Å². The lowest BCUT2D eigenvalue weighted by atomic mass is 10.1. The highest BCUT2D eigenvalue weighted by Gasteiger charge is 2.18. The molecular formula is C25H29ClN8O2. The highest BCUT2D eigenvalue weighted by Crippen LogP contribution is 2.31. The lowest BCUT2D eigenvalue weighted by molar-refractivity contribution is 0.0334. The Morgan fingerprint density at radius 3 is 2.53 bits per heavy atom. The van der Waals surface area contributed by atoms with Crippen molar-refractivity contribution in [1.82, 2.24) is 19.5 Å². The summed E-state index contributed by atoms with van der Waals surface area (Å²) >= 11 is 0. The molecule has 1 aliphatic rings. The van der Waals surface area contributed by atoms with Gasteiger partial charge in [-0.05, 0) is 41.5 Å². The number of carbonyl (C=O) groups is 1. The molecular weight excluding hydrogens is 480 g/mol. The van der Waals surface area contributed by atoms with Crippen LogP contribution in [0.5, 0.6) is 0 Å². The number of morpholine rings is 1. The normalized spacial score (nSPS) is 13.8. The van der Waals surface area contributed by atoms with Crippen LogP contribution in [0, 0.1) is 0 Å². The second kappa shape index (κ2) is 11.4. The van der Waals surface area contributed by atoms with Gasteiger partial charge in [0.1, 0.15) is 11.8 Å². The van der Waals surface area contributed by atoms with E-state index in [4.69, 9.17) is 16.2 Å². The minimum absolute atomic E-state index is 0. The maximum Gasteiger partial charge on any atom is 0.323 e. The predicted molar refractivity (Wildman–Crippen MR) is 143 cm³/mol. The number of anilines is 3. The molecule has 2 aromatic carbocycles. The molecule has 188 valence electrons. The molecule has 0 radical (unpaired) electrons. The zero-order valence-corrected chi connectivity index (χ0v) is 20.5. The second-order valence-corrected chi connectivity index (χ2v) is 8.40. The maximum absolute atomic E-state index is 12.4. The number of benzene rings is 2. The van der Waals surface area contributed by atoms with Crippen molar-refractivity contribution in [3.8, 4) is 11.1 Å². The van der Waals surface area contributed by atoms with Gasteiger partial charge in [-0.2, -0.15) is 5.10 Å². The third kappa shape index (κ3) is 5.58. The number of fused-ring (bicyclic) bond motifs is 1. The summed E-state index contributed by atoms with van der Waals surface area (Å²) in [6.45, 7) is 4.37. The standard InChI is InChI=1S/C25H28N8O2.ClH/c26-14-17-2-1-3-20(12-17)31-25(34)30-19-6-4-18(5-7-19)22-13-21(15-32-8-10-35-11-9-32)33-23(22)24(27)28-16-29-33;/h1-7,12-13,16H,8-11,14-15,26H2,(H2,27,28,29)(H2,30,31,34);1H. The smallest absolute Gasteiger partial charge is 0.323 e. The summed E-state index contributed by atoms with van der Waals surface area (Å²) in [5.74, 6) is 0.421. The summed E-state index contributed by atoms with van der Waals surface area (Å²) in [6.07, 6.45) is 1.48. The Balaban J connectivity index is 0.00000304. The van der Waals surface area contributed by atoms with E-state index in [-0.39, 0.29) is 18.4 Å². The van der Waals surface area contributed by atoms with E-state index in [0.717, 1.165) is 60.7 Å². The number of nitrogens with zero attached hydrogens (tertiary/aromatic N) is 4. The van der Waals surface area contributed by atoms with Crippen LogP contribution < -0.4 is 22.1 Å². The zero-order valence-electron chi connectivity index (χ0n) is 19.7. The van der Waals surface area contributed by atoms with Crippen LogP contribution in [0.25, 0.3) is 16.6 Å². The van der Waals surface area contributed by atoms with Gasteiger partial charge in [-0.15, -0.1) is 12.4 Å². The molecule has 1 saturated heterocycles. The van der Waals surface area contributed by atoms with Gasteiger partial charge in [0.25, 0.3) is 0 Å². The Morgan fingerprint density at radius 1 is 1.03 bits per heavy atom. The van der Waals surface area contributed by atoms with Crippen molar-refractivity contribution in [1.29, 1.82) is 0 Å². The van der Waals surface area contributed by atoms with Crippen LogP contribution in [-0.2, 0) is 17.8 Å². The van der Waals surface area contributed by atoms with Gasteiger partial charge in [0, 0.05) is 43.1 Å². The van der Waals surface area contributed by atoms with E-state index in [0.29, 0.717) is 23.7 Å². The molecule has 0 atom stereocenters. The quantitative estimate of drug-likeness (QED) is 0.313. The van der Waals surface area contributed by atoms with Gasteiger partial charge >= 0.3 is 6.03 Å². The fraction of sp³-hybridized carbons (Fsp3) is 0.240. The van der Waals surface area contributed by atoms with E-state index in [1.807, 2.05) is 53.0 Å². The Hall–Kier alpha value is -3.70. The summed E-state index contributed by atoms with van der Waals surface area (Å²) in [5, 5.41) is 10.1. The minimum Gasteiger partial charge on any atom is -0.382 e. The molecule has 11 heteroatoms. The Bertz CT molecular complexity index is 1340. The summed E-state index contributed by atoms with van der Waals surface area (Å²) in [4.78, 5) is 19.0. The van der Waals surface area contributed by atoms with Gasteiger partial charge < -0.3 is 26.8 Å². The molecule has 4 aromatic rings. The maximum atomic E-state index is 12.4. The molecule has 0 saturated carbocycles. The Labute approximate surface area is 215 Å². The molecule has 0 unspecified atom stereocenters. The monoisotopic (exact) mass is 508 g/mol. The van der Waals surface area contributed by atoms with E-state index in [1.165, 1.54) is 6.33 Å².